The second kappa shape index (κ2) is 12.7. The highest BCUT2D eigenvalue weighted by Gasteiger charge is 2.49. The fraction of sp³-hybridized carbons (Fsp3) is 0.515. The second-order valence-corrected chi connectivity index (χ2v) is 13.0. The van der Waals surface area contributed by atoms with E-state index in [9.17, 15) is 19.2 Å². The molecule has 3 atom stereocenters. The zero-order valence-electron chi connectivity index (χ0n) is 26.0. The van der Waals surface area contributed by atoms with Gasteiger partial charge in [0.15, 0.2) is 18.2 Å². The first-order valence-corrected chi connectivity index (χ1v) is 14.7. The van der Waals surface area contributed by atoms with Crippen LogP contribution in [0.1, 0.15) is 63.8 Å². The van der Waals surface area contributed by atoms with Gasteiger partial charge in [-0.3, -0.25) is 14.4 Å². The summed E-state index contributed by atoms with van der Waals surface area (Å²) in [5.74, 6) is -2.97. The quantitative estimate of drug-likeness (QED) is 0.442. The van der Waals surface area contributed by atoms with Crippen LogP contribution in [0.2, 0.25) is 0 Å². The number of carbonyl (C=O) groups is 4. The molecule has 2 aromatic carbocycles. The highest BCUT2D eigenvalue weighted by molar-refractivity contribution is 6.00. The van der Waals surface area contributed by atoms with E-state index in [1.807, 2.05) is 38.1 Å². The average Bonchev–Trinajstić information content (AvgIpc) is 3.34. The van der Waals surface area contributed by atoms with Crippen molar-refractivity contribution in [3.05, 3.63) is 65.0 Å². The molecule has 0 saturated carbocycles. The number of fused-ring (bicyclic) bond motifs is 1. The Hall–Kier alpha value is -3.95. The van der Waals surface area contributed by atoms with Crippen molar-refractivity contribution in [2.45, 2.75) is 77.6 Å². The zero-order valence-corrected chi connectivity index (χ0v) is 26.0. The molecule has 43 heavy (non-hydrogen) atoms. The van der Waals surface area contributed by atoms with Gasteiger partial charge in [-0.2, -0.15) is 0 Å². The number of nitrogens with one attached hydrogen (secondary N) is 1. The van der Waals surface area contributed by atoms with E-state index in [1.54, 1.807) is 34.9 Å². The van der Waals surface area contributed by atoms with Gasteiger partial charge in [-0.05, 0) is 80.7 Å². The van der Waals surface area contributed by atoms with E-state index in [0.29, 0.717) is 19.3 Å². The number of amides is 3. The predicted octanol–water partition coefficient (Wildman–Crippen LogP) is 3.83. The number of halogens is 1. The first kappa shape index (κ1) is 32.0. The Bertz CT molecular complexity index is 1360. The molecule has 2 aromatic rings. The average molecular weight is 596 g/mol. The molecule has 1 aliphatic heterocycles. The molecule has 1 unspecified atom stereocenters. The molecule has 1 N–H and O–H groups in total. The van der Waals surface area contributed by atoms with Crippen LogP contribution in [0.5, 0.6) is 5.75 Å². The number of ether oxygens (including phenoxy) is 2. The Balaban J connectivity index is 1.68. The standard InChI is InChI=1S/C33H42FN3O6/c1-19(2)14-25-30(39)35-28(23-15-20-10-8-9-11-21(20)16-23)31(40)37(25)29(32(41)36(6)7)22-12-13-26(24(34)17-22)42-18-27(38)43-33(3,4)5/h8-13,17,19,23,25,28-29H,14-16,18H2,1-7H3,(H,35,39)/t25-,28?,29-/m1/s1. The molecule has 0 radical (unpaired) electrons. The number of esters is 1. The van der Waals surface area contributed by atoms with Crippen LogP contribution in [0.3, 0.4) is 0 Å². The van der Waals surface area contributed by atoms with Crippen molar-refractivity contribution in [3.63, 3.8) is 0 Å². The zero-order chi connectivity index (χ0) is 31.6. The lowest BCUT2D eigenvalue weighted by atomic mass is 9.88. The minimum Gasteiger partial charge on any atom is -0.479 e. The summed E-state index contributed by atoms with van der Waals surface area (Å²) in [4.78, 5) is 56.6. The van der Waals surface area contributed by atoms with E-state index in [-0.39, 0.29) is 35.0 Å². The van der Waals surface area contributed by atoms with Crippen molar-refractivity contribution in [1.82, 2.24) is 15.1 Å². The van der Waals surface area contributed by atoms with Crippen LogP contribution in [0.4, 0.5) is 4.39 Å². The summed E-state index contributed by atoms with van der Waals surface area (Å²) in [5.41, 5.74) is 1.75. The Morgan fingerprint density at radius 1 is 1.07 bits per heavy atom. The molecule has 4 rings (SSSR count). The van der Waals surface area contributed by atoms with Gasteiger partial charge in [0.1, 0.15) is 23.7 Å². The van der Waals surface area contributed by atoms with Crippen LogP contribution in [0, 0.1) is 17.7 Å². The molecule has 1 saturated heterocycles. The molecule has 1 aliphatic carbocycles. The first-order valence-electron chi connectivity index (χ1n) is 14.7. The summed E-state index contributed by atoms with van der Waals surface area (Å²) < 4.78 is 26.0. The highest BCUT2D eigenvalue weighted by atomic mass is 19.1. The summed E-state index contributed by atoms with van der Waals surface area (Å²) >= 11 is 0. The first-order chi connectivity index (χ1) is 20.2. The summed E-state index contributed by atoms with van der Waals surface area (Å²) in [6.45, 7) is 8.52. The fourth-order valence-corrected chi connectivity index (χ4v) is 5.85. The summed E-state index contributed by atoms with van der Waals surface area (Å²) in [6, 6.07) is 8.89. The van der Waals surface area contributed by atoms with E-state index < -0.39 is 48.0 Å². The lowest BCUT2D eigenvalue weighted by Gasteiger charge is -2.45. The second-order valence-electron chi connectivity index (χ2n) is 13.0. The van der Waals surface area contributed by atoms with Crippen molar-refractivity contribution < 1.29 is 33.0 Å². The topological polar surface area (TPSA) is 105 Å². The molecular formula is C33H42FN3O6. The Labute approximate surface area is 252 Å². The van der Waals surface area contributed by atoms with E-state index >= 15 is 4.39 Å². The molecular weight excluding hydrogens is 553 g/mol. The maximum atomic E-state index is 15.4. The van der Waals surface area contributed by atoms with Crippen LogP contribution >= 0.6 is 0 Å². The van der Waals surface area contributed by atoms with Gasteiger partial charge in [0.2, 0.25) is 17.7 Å². The van der Waals surface area contributed by atoms with Crippen LogP contribution in [-0.2, 0) is 36.8 Å². The van der Waals surface area contributed by atoms with Gasteiger partial charge in [0, 0.05) is 14.1 Å². The van der Waals surface area contributed by atoms with Crippen molar-refractivity contribution in [2.75, 3.05) is 20.7 Å². The maximum absolute atomic E-state index is 15.4. The van der Waals surface area contributed by atoms with Crippen LogP contribution < -0.4 is 10.1 Å². The number of nitrogens with zero attached hydrogens (tertiary/aromatic N) is 2. The number of likely N-dealkylation sites (N-methyl/N-ethyl adjacent to an activating group) is 1. The summed E-state index contributed by atoms with van der Waals surface area (Å²) in [6.07, 6.45) is 1.58. The van der Waals surface area contributed by atoms with Crippen molar-refractivity contribution in [1.29, 1.82) is 0 Å². The van der Waals surface area contributed by atoms with Gasteiger partial charge < -0.3 is 24.6 Å². The fourth-order valence-electron chi connectivity index (χ4n) is 5.85. The van der Waals surface area contributed by atoms with Gasteiger partial charge in [0.25, 0.3) is 0 Å². The highest BCUT2D eigenvalue weighted by Crippen LogP contribution is 2.36. The lowest BCUT2D eigenvalue weighted by Crippen LogP contribution is -2.67. The Morgan fingerprint density at radius 3 is 2.23 bits per heavy atom. The molecule has 2 aliphatic rings. The van der Waals surface area contributed by atoms with Crippen molar-refractivity contribution >= 4 is 23.7 Å². The third kappa shape index (κ3) is 7.35. The molecule has 9 nitrogen and oxygen atoms in total. The smallest absolute Gasteiger partial charge is 0.344 e. The number of hydrogen-bond donors (Lipinski definition) is 1. The van der Waals surface area contributed by atoms with Gasteiger partial charge in [0.05, 0.1) is 0 Å². The third-order valence-corrected chi connectivity index (χ3v) is 7.70. The SMILES string of the molecule is CC(C)C[C@@H]1C(=O)NC(C2Cc3ccccc3C2)C(=O)N1[C@@H](C(=O)N(C)C)c1ccc(OCC(=O)OC(C)(C)C)c(F)c1. The van der Waals surface area contributed by atoms with Crippen molar-refractivity contribution in [2.24, 2.45) is 11.8 Å². The summed E-state index contributed by atoms with van der Waals surface area (Å²) in [5, 5.41) is 2.97. The van der Waals surface area contributed by atoms with Gasteiger partial charge in [-0.15, -0.1) is 0 Å². The van der Waals surface area contributed by atoms with Gasteiger partial charge >= 0.3 is 5.97 Å². The van der Waals surface area contributed by atoms with Gasteiger partial charge in [-0.25, -0.2) is 9.18 Å². The molecule has 10 heteroatoms. The van der Waals surface area contributed by atoms with Crippen LogP contribution in [0.25, 0.3) is 0 Å². The van der Waals surface area contributed by atoms with E-state index in [1.165, 1.54) is 21.9 Å². The van der Waals surface area contributed by atoms with E-state index in [0.717, 1.165) is 17.2 Å². The summed E-state index contributed by atoms with van der Waals surface area (Å²) in [7, 11) is 3.11. The molecule has 0 aromatic heterocycles. The number of hydrogen-bond acceptors (Lipinski definition) is 6. The number of piperazine rings is 1. The lowest BCUT2D eigenvalue weighted by molar-refractivity contribution is -0.159. The minimum absolute atomic E-state index is 0.0359. The number of rotatable bonds is 9. The number of benzene rings is 2. The molecule has 232 valence electrons. The molecule has 0 spiro atoms. The van der Waals surface area contributed by atoms with Crippen LogP contribution in [-0.4, -0.2) is 71.9 Å². The molecule has 1 heterocycles. The van der Waals surface area contributed by atoms with Crippen molar-refractivity contribution in [3.8, 4) is 5.75 Å². The molecule has 1 fully saturated rings. The molecule has 0 bridgehead atoms. The maximum Gasteiger partial charge on any atom is 0.344 e. The van der Waals surface area contributed by atoms with E-state index in [2.05, 4.69) is 5.32 Å². The Kier molecular flexibility index (Phi) is 9.47. The largest absolute Gasteiger partial charge is 0.479 e. The number of carbonyl (C=O) groups excluding carboxylic acids is 4. The third-order valence-electron chi connectivity index (χ3n) is 7.70. The van der Waals surface area contributed by atoms with E-state index in [4.69, 9.17) is 9.47 Å². The Morgan fingerprint density at radius 2 is 1.70 bits per heavy atom. The van der Waals surface area contributed by atoms with Gasteiger partial charge in [-0.1, -0.05) is 44.2 Å². The normalized spacial score (nSPS) is 19.6. The monoisotopic (exact) mass is 595 g/mol. The van der Waals surface area contributed by atoms with Crippen LogP contribution in [0.15, 0.2) is 42.5 Å². The molecule has 3 amide bonds. The predicted molar refractivity (Wildman–Crippen MR) is 159 cm³/mol. The minimum atomic E-state index is -1.25.